The second-order valence-electron chi connectivity index (χ2n) is 7.98. The van der Waals surface area contributed by atoms with Crippen molar-refractivity contribution in [1.29, 1.82) is 0 Å². The molecule has 30 heavy (non-hydrogen) atoms. The van der Waals surface area contributed by atoms with Crippen LogP contribution in [0, 0.1) is 0 Å². The highest BCUT2D eigenvalue weighted by Crippen LogP contribution is 2.26. The van der Waals surface area contributed by atoms with Crippen LogP contribution in [0.15, 0.2) is 54.7 Å². The number of fused-ring (bicyclic) bond motifs is 2. The average Bonchev–Trinajstić information content (AvgIpc) is 3.32. The van der Waals surface area contributed by atoms with Gasteiger partial charge in [-0.2, -0.15) is 0 Å². The number of hydrogen-bond acceptors (Lipinski definition) is 4. The Labute approximate surface area is 174 Å². The van der Waals surface area contributed by atoms with Crippen molar-refractivity contribution >= 4 is 22.8 Å². The Bertz CT molecular complexity index is 1090. The summed E-state index contributed by atoms with van der Waals surface area (Å²) in [6.07, 6.45) is 2.13. The molecule has 0 radical (unpaired) electrons. The molecule has 154 valence electrons. The normalized spacial score (nSPS) is 21.7. The predicted molar refractivity (Wildman–Crippen MR) is 112 cm³/mol. The van der Waals surface area contributed by atoms with Gasteiger partial charge in [0.15, 0.2) is 0 Å². The minimum Gasteiger partial charge on any atom is -0.374 e. The van der Waals surface area contributed by atoms with Crippen LogP contribution in [-0.2, 0) is 23.1 Å². The SMILES string of the molecule is Cn1ccc2ccc(C(=O)N3C[C@@H]4OCCC(=O)N(Cc5ccccc5)[C@H]4C3)nc21. The van der Waals surface area contributed by atoms with Crippen LogP contribution in [0.1, 0.15) is 22.5 Å². The molecule has 3 aromatic rings. The fraction of sp³-hybridized carbons (Fsp3) is 0.348. The molecule has 7 heteroatoms. The first-order valence-electron chi connectivity index (χ1n) is 10.3. The van der Waals surface area contributed by atoms with E-state index in [1.54, 1.807) is 11.0 Å². The monoisotopic (exact) mass is 404 g/mol. The van der Waals surface area contributed by atoms with E-state index in [9.17, 15) is 9.59 Å². The van der Waals surface area contributed by atoms with E-state index in [1.165, 1.54) is 0 Å². The fourth-order valence-electron chi connectivity index (χ4n) is 4.41. The Morgan fingerprint density at radius 3 is 2.80 bits per heavy atom. The van der Waals surface area contributed by atoms with Crippen LogP contribution < -0.4 is 0 Å². The number of pyridine rings is 1. The smallest absolute Gasteiger partial charge is 0.272 e. The van der Waals surface area contributed by atoms with Crippen molar-refractivity contribution in [1.82, 2.24) is 19.4 Å². The Kier molecular flexibility index (Phi) is 4.75. The number of aryl methyl sites for hydroxylation is 1. The van der Waals surface area contributed by atoms with Crippen LogP contribution in [0.4, 0.5) is 0 Å². The summed E-state index contributed by atoms with van der Waals surface area (Å²) in [5.41, 5.74) is 2.28. The van der Waals surface area contributed by atoms with E-state index in [-0.39, 0.29) is 24.0 Å². The Morgan fingerprint density at radius 2 is 1.97 bits per heavy atom. The van der Waals surface area contributed by atoms with Gasteiger partial charge < -0.3 is 19.1 Å². The molecule has 5 rings (SSSR count). The molecule has 0 spiro atoms. The first-order chi connectivity index (χ1) is 14.6. The van der Waals surface area contributed by atoms with Gasteiger partial charge in [0.2, 0.25) is 5.91 Å². The van der Waals surface area contributed by atoms with Crippen LogP contribution in [0.25, 0.3) is 11.0 Å². The molecule has 0 aliphatic carbocycles. The minimum atomic E-state index is -0.178. The molecule has 0 N–H and O–H groups in total. The number of hydrogen-bond donors (Lipinski definition) is 0. The third kappa shape index (κ3) is 3.35. The minimum absolute atomic E-state index is 0.0732. The summed E-state index contributed by atoms with van der Waals surface area (Å²) < 4.78 is 7.88. The fourth-order valence-corrected chi connectivity index (χ4v) is 4.41. The number of aromatic nitrogens is 2. The van der Waals surface area contributed by atoms with Gasteiger partial charge in [-0.15, -0.1) is 0 Å². The first-order valence-corrected chi connectivity index (χ1v) is 10.3. The number of ether oxygens (including phenoxy) is 1. The summed E-state index contributed by atoms with van der Waals surface area (Å²) in [5.74, 6) is -0.0501. The number of likely N-dealkylation sites (tertiary alicyclic amines) is 1. The second-order valence-corrected chi connectivity index (χ2v) is 7.98. The number of rotatable bonds is 3. The summed E-state index contributed by atoms with van der Waals surface area (Å²) in [5, 5.41) is 1.00. The quantitative estimate of drug-likeness (QED) is 0.671. The second kappa shape index (κ2) is 7.57. The number of amides is 2. The zero-order valence-corrected chi connectivity index (χ0v) is 16.9. The topological polar surface area (TPSA) is 67.7 Å². The third-order valence-electron chi connectivity index (χ3n) is 6.02. The molecule has 2 saturated heterocycles. The molecule has 7 nitrogen and oxygen atoms in total. The standard InChI is InChI=1S/C23H24N4O3/c1-25-11-9-17-7-8-18(24-22(17)25)23(29)26-14-19-20(15-26)30-12-10-21(28)27(19)13-16-5-3-2-4-6-16/h2-9,11,19-20H,10,12-15H2,1H3/t19-,20-/m0/s1. The molecular weight excluding hydrogens is 380 g/mol. The van der Waals surface area contributed by atoms with E-state index >= 15 is 0 Å². The zero-order chi connectivity index (χ0) is 20.7. The summed E-state index contributed by atoms with van der Waals surface area (Å²) in [6, 6.07) is 15.5. The highest BCUT2D eigenvalue weighted by Gasteiger charge is 2.43. The molecule has 2 aromatic heterocycles. The first kappa shape index (κ1) is 18.8. The molecule has 0 saturated carbocycles. The summed E-state index contributed by atoms with van der Waals surface area (Å²) in [7, 11) is 1.92. The lowest BCUT2D eigenvalue weighted by Gasteiger charge is -2.29. The third-order valence-corrected chi connectivity index (χ3v) is 6.02. The predicted octanol–water partition coefficient (Wildman–Crippen LogP) is 2.22. The molecule has 2 aliphatic heterocycles. The van der Waals surface area contributed by atoms with Gasteiger partial charge in [-0.3, -0.25) is 9.59 Å². The number of carbonyl (C=O) groups excluding carboxylic acids is 2. The van der Waals surface area contributed by atoms with E-state index < -0.39 is 0 Å². The lowest BCUT2D eigenvalue weighted by Crippen LogP contribution is -2.45. The van der Waals surface area contributed by atoms with E-state index in [0.29, 0.717) is 38.4 Å². The van der Waals surface area contributed by atoms with Crippen LogP contribution in [-0.4, -0.2) is 63.0 Å². The molecule has 0 bridgehead atoms. The van der Waals surface area contributed by atoms with Gasteiger partial charge in [0, 0.05) is 38.3 Å². The van der Waals surface area contributed by atoms with Crippen LogP contribution in [0.5, 0.6) is 0 Å². The van der Waals surface area contributed by atoms with Gasteiger partial charge in [-0.25, -0.2) is 4.98 Å². The lowest BCUT2D eigenvalue weighted by atomic mass is 10.1. The Morgan fingerprint density at radius 1 is 1.13 bits per heavy atom. The van der Waals surface area contributed by atoms with Crippen molar-refractivity contribution in [3.8, 4) is 0 Å². The van der Waals surface area contributed by atoms with Crippen molar-refractivity contribution in [2.24, 2.45) is 7.05 Å². The molecule has 1 aromatic carbocycles. The maximum absolute atomic E-state index is 13.2. The van der Waals surface area contributed by atoms with Gasteiger partial charge in [0.1, 0.15) is 11.3 Å². The molecule has 2 atom stereocenters. The molecular formula is C23H24N4O3. The van der Waals surface area contributed by atoms with E-state index in [4.69, 9.17) is 4.74 Å². The van der Waals surface area contributed by atoms with Gasteiger partial charge in [-0.1, -0.05) is 30.3 Å². The van der Waals surface area contributed by atoms with Crippen molar-refractivity contribution in [2.75, 3.05) is 19.7 Å². The highest BCUT2D eigenvalue weighted by molar-refractivity contribution is 5.95. The Hall–Kier alpha value is -3.19. The molecule has 0 unspecified atom stereocenters. The van der Waals surface area contributed by atoms with Crippen molar-refractivity contribution in [3.05, 3.63) is 66.0 Å². The van der Waals surface area contributed by atoms with Crippen molar-refractivity contribution < 1.29 is 14.3 Å². The van der Waals surface area contributed by atoms with Gasteiger partial charge in [-0.05, 0) is 23.8 Å². The average molecular weight is 404 g/mol. The molecule has 2 aliphatic rings. The molecule has 2 amide bonds. The van der Waals surface area contributed by atoms with Crippen molar-refractivity contribution in [3.63, 3.8) is 0 Å². The maximum Gasteiger partial charge on any atom is 0.272 e. The van der Waals surface area contributed by atoms with E-state index in [1.807, 2.05) is 65.2 Å². The maximum atomic E-state index is 13.2. The largest absolute Gasteiger partial charge is 0.374 e. The lowest BCUT2D eigenvalue weighted by molar-refractivity contribution is -0.133. The van der Waals surface area contributed by atoms with Crippen LogP contribution in [0.2, 0.25) is 0 Å². The number of nitrogens with zero attached hydrogens (tertiary/aromatic N) is 4. The van der Waals surface area contributed by atoms with Gasteiger partial charge >= 0.3 is 0 Å². The van der Waals surface area contributed by atoms with Crippen LogP contribution in [0.3, 0.4) is 0 Å². The Balaban J connectivity index is 1.39. The zero-order valence-electron chi connectivity index (χ0n) is 16.9. The van der Waals surface area contributed by atoms with Gasteiger partial charge in [0.05, 0.1) is 25.2 Å². The number of benzene rings is 1. The highest BCUT2D eigenvalue weighted by atomic mass is 16.5. The van der Waals surface area contributed by atoms with Crippen LogP contribution >= 0.6 is 0 Å². The number of carbonyl (C=O) groups is 2. The summed E-state index contributed by atoms with van der Waals surface area (Å²) in [4.78, 5) is 34.2. The molecule has 4 heterocycles. The van der Waals surface area contributed by atoms with Crippen molar-refractivity contribution in [2.45, 2.75) is 25.1 Å². The van der Waals surface area contributed by atoms with E-state index in [0.717, 1.165) is 16.6 Å². The summed E-state index contributed by atoms with van der Waals surface area (Å²) in [6.45, 7) is 1.84. The summed E-state index contributed by atoms with van der Waals surface area (Å²) >= 11 is 0. The molecule has 2 fully saturated rings. The van der Waals surface area contributed by atoms with E-state index in [2.05, 4.69) is 4.98 Å². The van der Waals surface area contributed by atoms with Gasteiger partial charge in [0.25, 0.3) is 5.91 Å².